The van der Waals surface area contributed by atoms with Gasteiger partial charge in [0, 0.05) is 17.3 Å². The van der Waals surface area contributed by atoms with E-state index < -0.39 is 0 Å². The number of benzene rings is 2. The molecule has 3 nitrogen and oxygen atoms in total. The van der Waals surface area contributed by atoms with Gasteiger partial charge in [0.05, 0.1) is 0 Å². The summed E-state index contributed by atoms with van der Waals surface area (Å²) < 4.78 is 0. The van der Waals surface area contributed by atoms with E-state index in [0.29, 0.717) is 11.3 Å². The highest BCUT2D eigenvalue weighted by Crippen LogP contribution is 2.23. The van der Waals surface area contributed by atoms with Gasteiger partial charge in [-0.25, -0.2) is 0 Å². The van der Waals surface area contributed by atoms with Crippen LogP contribution in [0.3, 0.4) is 0 Å². The lowest BCUT2D eigenvalue weighted by atomic mass is 10.1. The number of carbonyl (C=O) groups excluding carboxylic acids is 1. The number of nitrogens with one attached hydrogen (secondary N) is 1. The summed E-state index contributed by atoms with van der Waals surface area (Å²) in [4.78, 5) is 11.8. The van der Waals surface area contributed by atoms with Crippen molar-refractivity contribution in [1.29, 1.82) is 0 Å². The maximum atomic E-state index is 11.8. The van der Waals surface area contributed by atoms with Crippen molar-refractivity contribution in [2.75, 3.05) is 5.32 Å². The number of carbonyl (C=O) groups is 1. The minimum atomic E-state index is -0.224. The molecule has 0 spiro atoms. The van der Waals surface area contributed by atoms with Crippen molar-refractivity contribution in [3.8, 4) is 5.75 Å². The Morgan fingerprint density at radius 2 is 1.84 bits per heavy atom. The summed E-state index contributed by atoms with van der Waals surface area (Å²) in [7, 11) is 0. The van der Waals surface area contributed by atoms with Gasteiger partial charge < -0.3 is 10.4 Å². The van der Waals surface area contributed by atoms with Gasteiger partial charge in [-0.2, -0.15) is 0 Å². The van der Waals surface area contributed by atoms with Gasteiger partial charge in [0.1, 0.15) is 5.75 Å². The summed E-state index contributed by atoms with van der Waals surface area (Å²) in [5.74, 6) is -0.0533. The van der Waals surface area contributed by atoms with Crippen molar-refractivity contribution >= 4 is 17.7 Å². The second kappa shape index (κ2) is 5.87. The van der Waals surface area contributed by atoms with E-state index in [4.69, 9.17) is 0 Å². The number of amides is 1. The summed E-state index contributed by atoms with van der Waals surface area (Å²) in [6.45, 7) is 1.76. The van der Waals surface area contributed by atoms with Crippen molar-refractivity contribution in [2.45, 2.75) is 6.92 Å². The summed E-state index contributed by atoms with van der Waals surface area (Å²) >= 11 is 0. The summed E-state index contributed by atoms with van der Waals surface area (Å²) in [5, 5.41) is 12.3. The van der Waals surface area contributed by atoms with Gasteiger partial charge in [-0.15, -0.1) is 0 Å². The molecular weight excluding hydrogens is 238 g/mol. The van der Waals surface area contributed by atoms with Crippen LogP contribution >= 0.6 is 0 Å². The van der Waals surface area contributed by atoms with E-state index in [1.807, 2.05) is 30.3 Å². The number of phenolic OH excluding ortho intramolecular Hbond substituents is 1. The molecule has 1 amide bonds. The van der Waals surface area contributed by atoms with Gasteiger partial charge in [-0.3, -0.25) is 4.79 Å². The number of phenols is 1. The molecule has 19 heavy (non-hydrogen) atoms. The molecule has 2 N–H and O–H groups in total. The molecule has 0 saturated carbocycles. The molecule has 96 valence electrons. The predicted octanol–water partition coefficient (Wildman–Crippen LogP) is 3.35. The average molecular weight is 253 g/mol. The van der Waals surface area contributed by atoms with Crippen LogP contribution in [0.2, 0.25) is 0 Å². The first kappa shape index (κ1) is 12.9. The van der Waals surface area contributed by atoms with Gasteiger partial charge in [-0.05, 0) is 30.7 Å². The van der Waals surface area contributed by atoms with Gasteiger partial charge in [-0.1, -0.05) is 36.4 Å². The van der Waals surface area contributed by atoms with Crippen molar-refractivity contribution in [2.24, 2.45) is 0 Å². The Hall–Kier alpha value is -2.55. The van der Waals surface area contributed by atoms with Crippen LogP contribution in [0.1, 0.15) is 11.1 Å². The molecule has 0 saturated heterocycles. The molecule has 0 fully saturated rings. The summed E-state index contributed by atoms with van der Waals surface area (Å²) in [5.41, 5.74) is 2.23. The van der Waals surface area contributed by atoms with Gasteiger partial charge >= 0.3 is 0 Å². The first-order valence-electron chi connectivity index (χ1n) is 5.99. The zero-order valence-electron chi connectivity index (χ0n) is 10.6. The fourth-order valence-corrected chi connectivity index (χ4v) is 1.67. The van der Waals surface area contributed by atoms with E-state index >= 15 is 0 Å². The lowest BCUT2D eigenvalue weighted by Gasteiger charge is -2.07. The third kappa shape index (κ3) is 3.45. The lowest BCUT2D eigenvalue weighted by Crippen LogP contribution is -2.08. The minimum Gasteiger partial charge on any atom is -0.508 e. The third-order valence-electron chi connectivity index (χ3n) is 2.79. The zero-order chi connectivity index (χ0) is 13.7. The number of anilines is 1. The summed E-state index contributed by atoms with van der Waals surface area (Å²) in [6.07, 6.45) is 3.21. The Morgan fingerprint density at radius 1 is 1.11 bits per heavy atom. The maximum absolute atomic E-state index is 11.8. The van der Waals surface area contributed by atoms with Crippen LogP contribution < -0.4 is 5.32 Å². The van der Waals surface area contributed by atoms with E-state index in [1.165, 1.54) is 6.08 Å². The molecule has 2 aromatic rings. The van der Waals surface area contributed by atoms with Gasteiger partial charge in [0.15, 0.2) is 0 Å². The fraction of sp³-hybridized carbons (Fsp3) is 0.0625. The summed E-state index contributed by atoms with van der Waals surface area (Å²) in [6, 6.07) is 14.6. The Labute approximate surface area is 112 Å². The standard InChI is InChI=1S/C16H15NO2/c1-12-14(8-5-9-15(12)18)17-16(19)11-10-13-6-3-2-4-7-13/h2-11,18H,1H3,(H,17,19). The molecule has 0 aliphatic rings. The molecule has 0 bridgehead atoms. The maximum Gasteiger partial charge on any atom is 0.248 e. The second-order valence-corrected chi connectivity index (χ2v) is 4.18. The molecular formula is C16H15NO2. The van der Waals surface area contributed by atoms with Crippen molar-refractivity contribution in [3.05, 3.63) is 65.7 Å². The fourth-order valence-electron chi connectivity index (χ4n) is 1.67. The molecule has 0 aliphatic heterocycles. The highest BCUT2D eigenvalue weighted by Gasteiger charge is 2.04. The molecule has 0 heterocycles. The second-order valence-electron chi connectivity index (χ2n) is 4.18. The Bertz CT molecular complexity index is 603. The Kier molecular flexibility index (Phi) is 3.98. The number of aromatic hydroxyl groups is 1. The quantitative estimate of drug-likeness (QED) is 0.824. The largest absolute Gasteiger partial charge is 0.508 e. The molecule has 2 rings (SSSR count). The Morgan fingerprint density at radius 3 is 2.58 bits per heavy atom. The van der Waals surface area contributed by atoms with Crippen LogP contribution in [0.4, 0.5) is 5.69 Å². The Balaban J connectivity index is 2.06. The van der Waals surface area contributed by atoms with Crippen molar-refractivity contribution in [1.82, 2.24) is 0 Å². The van der Waals surface area contributed by atoms with Crippen LogP contribution in [0.5, 0.6) is 5.75 Å². The molecule has 0 unspecified atom stereocenters. The first-order valence-corrected chi connectivity index (χ1v) is 5.99. The highest BCUT2D eigenvalue weighted by atomic mass is 16.3. The molecule has 3 heteroatoms. The molecule has 0 aromatic heterocycles. The first-order chi connectivity index (χ1) is 9.16. The number of hydrogen-bond acceptors (Lipinski definition) is 2. The normalized spacial score (nSPS) is 10.6. The van der Waals surface area contributed by atoms with Crippen molar-refractivity contribution in [3.63, 3.8) is 0 Å². The number of hydrogen-bond donors (Lipinski definition) is 2. The zero-order valence-corrected chi connectivity index (χ0v) is 10.6. The third-order valence-corrected chi connectivity index (χ3v) is 2.79. The van der Waals surface area contributed by atoms with E-state index in [2.05, 4.69) is 5.32 Å². The van der Waals surface area contributed by atoms with Gasteiger partial charge in [0.2, 0.25) is 5.91 Å². The van der Waals surface area contributed by atoms with Crippen LogP contribution in [0.15, 0.2) is 54.6 Å². The van der Waals surface area contributed by atoms with E-state index in [9.17, 15) is 9.90 Å². The van der Waals surface area contributed by atoms with E-state index in [0.717, 1.165) is 5.56 Å². The lowest BCUT2D eigenvalue weighted by molar-refractivity contribution is -0.111. The average Bonchev–Trinajstić information content (AvgIpc) is 2.43. The molecule has 0 aliphatic carbocycles. The smallest absolute Gasteiger partial charge is 0.248 e. The van der Waals surface area contributed by atoms with E-state index in [-0.39, 0.29) is 11.7 Å². The minimum absolute atomic E-state index is 0.171. The van der Waals surface area contributed by atoms with E-state index in [1.54, 1.807) is 31.2 Å². The van der Waals surface area contributed by atoms with Crippen LogP contribution in [-0.2, 0) is 4.79 Å². The van der Waals surface area contributed by atoms with Crippen LogP contribution in [-0.4, -0.2) is 11.0 Å². The number of rotatable bonds is 3. The van der Waals surface area contributed by atoms with Gasteiger partial charge in [0.25, 0.3) is 0 Å². The predicted molar refractivity (Wildman–Crippen MR) is 76.9 cm³/mol. The highest BCUT2D eigenvalue weighted by molar-refractivity contribution is 6.02. The molecule has 0 radical (unpaired) electrons. The van der Waals surface area contributed by atoms with Crippen molar-refractivity contribution < 1.29 is 9.90 Å². The van der Waals surface area contributed by atoms with Crippen LogP contribution in [0.25, 0.3) is 6.08 Å². The monoisotopic (exact) mass is 253 g/mol. The molecule has 2 aromatic carbocycles. The SMILES string of the molecule is Cc1c(O)cccc1NC(=O)C=Cc1ccccc1. The molecule has 0 atom stereocenters. The van der Waals surface area contributed by atoms with Crippen LogP contribution in [0, 0.1) is 6.92 Å². The topological polar surface area (TPSA) is 49.3 Å².